The maximum atomic E-state index is 12.3. The van der Waals surface area contributed by atoms with Gasteiger partial charge in [0.25, 0.3) is 0 Å². The molecule has 0 saturated heterocycles. The summed E-state index contributed by atoms with van der Waals surface area (Å²) in [4.78, 5) is 21.1. The van der Waals surface area contributed by atoms with Gasteiger partial charge >= 0.3 is 0 Å². The SMILES string of the molecule is C[C@@H](NC(=O)/C=C/c1cnc2ccccc2n1)c1ccc2ccccc2c1. The molecule has 27 heavy (non-hydrogen) atoms. The Kier molecular flexibility index (Phi) is 4.62. The first-order chi connectivity index (χ1) is 13.2. The van der Waals surface area contributed by atoms with Gasteiger partial charge in [-0.25, -0.2) is 4.98 Å². The van der Waals surface area contributed by atoms with Crippen LogP contribution in [0.25, 0.3) is 27.9 Å². The molecule has 0 unspecified atom stereocenters. The lowest BCUT2D eigenvalue weighted by Crippen LogP contribution is -2.24. The first-order valence-corrected chi connectivity index (χ1v) is 8.88. The Balaban J connectivity index is 1.46. The van der Waals surface area contributed by atoms with Crippen LogP contribution in [0.1, 0.15) is 24.2 Å². The number of carbonyl (C=O) groups excluding carboxylic acids is 1. The van der Waals surface area contributed by atoms with E-state index in [2.05, 4.69) is 39.6 Å². The Morgan fingerprint density at radius 2 is 1.70 bits per heavy atom. The fraction of sp³-hybridized carbons (Fsp3) is 0.0870. The van der Waals surface area contributed by atoms with E-state index in [1.165, 1.54) is 11.5 Å². The number of fused-ring (bicyclic) bond motifs is 2. The molecule has 0 saturated carbocycles. The summed E-state index contributed by atoms with van der Waals surface area (Å²) in [5.74, 6) is -0.161. The summed E-state index contributed by atoms with van der Waals surface area (Å²) in [6.07, 6.45) is 4.84. The Bertz CT molecular complexity index is 1150. The van der Waals surface area contributed by atoms with Gasteiger partial charge in [0.15, 0.2) is 0 Å². The van der Waals surface area contributed by atoms with Crippen LogP contribution >= 0.6 is 0 Å². The molecular formula is C23H19N3O. The van der Waals surface area contributed by atoms with Gasteiger partial charge in [0.2, 0.25) is 5.91 Å². The van der Waals surface area contributed by atoms with E-state index in [-0.39, 0.29) is 11.9 Å². The third-order valence-corrected chi connectivity index (χ3v) is 4.50. The third kappa shape index (κ3) is 3.85. The van der Waals surface area contributed by atoms with Crippen LogP contribution in [0.15, 0.2) is 79.0 Å². The first-order valence-electron chi connectivity index (χ1n) is 8.88. The van der Waals surface area contributed by atoms with Crippen molar-refractivity contribution in [2.24, 2.45) is 0 Å². The molecular weight excluding hydrogens is 334 g/mol. The van der Waals surface area contributed by atoms with E-state index in [1.54, 1.807) is 12.3 Å². The highest BCUT2D eigenvalue weighted by Gasteiger charge is 2.08. The van der Waals surface area contributed by atoms with Crippen molar-refractivity contribution in [1.82, 2.24) is 15.3 Å². The Morgan fingerprint density at radius 3 is 2.56 bits per heavy atom. The van der Waals surface area contributed by atoms with Crippen molar-refractivity contribution < 1.29 is 4.79 Å². The summed E-state index contributed by atoms with van der Waals surface area (Å²) in [6, 6.07) is 22.0. The van der Waals surface area contributed by atoms with Gasteiger partial charge in [-0.2, -0.15) is 0 Å². The highest BCUT2D eigenvalue weighted by atomic mass is 16.1. The standard InChI is InChI=1S/C23H19N3O/c1-16(18-11-10-17-6-2-3-7-19(17)14-18)25-23(27)13-12-20-15-24-21-8-4-5-9-22(21)26-20/h2-16H,1H3,(H,25,27)/b13-12+/t16-/m1/s1. The summed E-state index contributed by atoms with van der Waals surface area (Å²) < 4.78 is 0. The van der Waals surface area contributed by atoms with Crippen molar-refractivity contribution in [1.29, 1.82) is 0 Å². The van der Waals surface area contributed by atoms with Crippen LogP contribution in [0.5, 0.6) is 0 Å². The topological polar surface area (TPSA) is 54.9 Å². The molecule has 1 heterocycles. The molecule has 1 amide bonds. The molecule has 0 aliphatic carbocycles. The second-order valence-electron chi connectivity index (χ2n) is 6.45. The minimum absolute atomic E-state index is 0.0885. The number of hydrogen-bond donors (Lipinski definition) is 1. The van der Waals surface area contributed by atoms with E-state index >= 15 is 0 Å². The van der Waals surface area contributed by atoms with Crippen LogP contribution in [0, 0.1) is 0 Å². The quantitative estimate of drug-likeness (QED) is 0.542. The fourth-order valence-electron chi connectivity index (χ4n) is 3.03. The lowest BCUT2D eigenvalue weighted by molar-refractivity contribution is -0.117. The second kappa shape index (κ2) is 7.38. The van der Waals surface area contributed by atoms with Crippen molar-refractivity contribution >= 4 is 33.8 Å². The Morgan fingerprint density at radius 1 is 0.963 bits per heavy atom. The Hall–Kier alpha value is -3.53. The predicted molar refractivity (Wildman–Crippen MR) is 109 cm³/mol. The van der Waals surface area contributed by atoms with E-state index in [4.69, 9.17) is 0 Å². The van der Waals surface area contributed by atoms with Crippen LogP contribution in [0.2, 0.25) is 0 Å². The van der Waals surface area contributed by atoms with E-state index < -0.39 is 0 Å². The molecule has 4 heteroatoms. The molecule has 0 bridgehead atoms. The number of hydrogen-bond acceptors (Lipinski definition) is 3. The summed E-state index contributed by atoms with van der Waals surface area (Å²) in [5, 5.41) is 5.35. The van der Waals surface area contributed by atoms with Crippen molar-refractivity contribution in [2.45, 2.75) is 13.0 Å². The van der Waals surface area contributed by atoms with E-state index in [0.29, 0.717) is 5.69 Å². The van der Waals surface area contributed by atoms with Gasteiger partial charge in [-0.3, -0.25) is 9.78 Å². The number of benzene rings is 3. The van der Waals surface area contributed by atoms with Crippen molar-refractivity contribution in [3.8, 4) is 0 Å². The zero-order chi connectivity index (χ0) is 18.6. The fourth-order valence-corrected chi connectivity index (χ4v) is 3.03. The average Bonchev–Trinajstić information content (AvgIpc) is 2.71. The monoisotopic (exact) mass is 353 g/mol. The highest BCUT2D eigenvalue weighted by Crippen LogP contribution is 2.20. The molecule has 1 atom stereocenters. The van der Waals surface area contributed by atoms with Gasteiger partial charge < -0.3 is 5.32 Å². The number of para-hydroxylation sites is 2. The molecule has 1 aromatic heterocycles. The summed E-state index contributed by atoms with van der Waals surface area (Å²) in [7, 11) is 0. The molecule has 0 radical (unpaired) electrons. The molecule has 132 valence electrons. The number of amides is 1. The largest absolute Gasteiger partial charge is 0.346 e. The van der Waals surface area contributed by atoms with E-state index in [9.17, 15) is 4.79 Å². The Labute approximate surface area is 157 Å². The third-order valence-electron chi connectivity index (χ3n) is 4.50. The average molecular weight is 353 g/mol. The minimum atomic E-state index is -0.161. The molecule has 0 fully saturated rings. The van der Waals surface area contributed by atoms with Crippen molar-refractivity contribution in [3.05, 3.63) is 90.3 Å². The molecule has 0 aliphatic rings. The smallest absolute Gasteiger partial charge is 0.244 e. The second-order valence-corrected chi connectivity index (χ2v) is 6.45. The number of nitrogens with zero attached hydrogens (tertiary/aromatic N) is 2. The van der Waals surface area contributed by atoms with Gasteiger partial charge in [-0.05, 0) is 47.5 Å². The molecule has 0 spiro atoms. The van der Waals surface area contributed by atoms with Gasteiger partial charge in [-0.15, -0.1) is 0 Å². The van der Waals surface area contributed by atoms with E-state index in [0.717, 1.165) is 22.0 Å². The van der Waals surface area contributed by atoms with Crippen LogP contribution in [-0.2, 0) is 4.79 Å². The predicted octanol–water partition coefficient (Wildman–Crippen LogP) is 4.67. The van der Waals surface area contributed by atoms with Crippen LogP contribution in [0.3, 0.4) is 0 Å². The van der Waals surface area contributed by atoms with Crippen LogP contribution < -0.4 is 5.32 Å². The highest BCUT2D eigenvalue weighted by molar-refractivity contribution is 5.92. The van der Waals surface area contributed by atoms with Gasteiger partial charge in [0, 0.05) is 6.08 Å². The van der Waals surface area contributed by atoms with Gasteiger partial charge in [0.1, 0.15) is 0 Å². The molecule has 3 aromatic carbocycles. The summed E-state index contributed by atoms with van der Waals surface area (Å²) >= 11 is 0. The number of rotatable bonds is 4. The molecule has 4 nitrogen and oxygen atoms in total. The molecule has 4 aromatic rings. The first kappa shape index (κ1) is 16.9. The zero-order valence-corrected chi connectivity index (χ0v) is 15.0. The molecule has 4 rings (SSSR count). The summed E-state index contributed by atoms with van der Waals surface area (Å²) in [5.41, 5.74) is 3.37. The lowest BCUT2D eigenvalue weighted by atomic mass is 10.0. The maximum absolute atomic E-state index is 12.3. The van der Waals surface area contributed by atoms with Crippen molar-refractivity contribution in [2.75, 3.05) is 0 Å². The molecule has 0 aliphatic heterocycles. The van der Waals surface area contributed by atoms with E-state index in [1.807, 2.05) is 49.4 Å². The van der Waals surface area contributed by atoms with Crippen molar-refractivity contribution in [3.63, 3.8) is 0 Å². The number of carbonyl (C=O) groups is 1. The van der Waals surface area contributed by atoms with Gasteiger partial charge in [0.05, 0.1) is 29.0 Å². The number of nitrogens with one attached hydrogen (secondary N) is 1. The zero-order valence-electron chi connectivity index (χ0n) is 15.0. The van der Waals surface area contributed by atoms with Crippen LogP contribution in [0.4, 0.5) is 0 Å². The summed E-state index contributed by atoms with van der Waals surface area (Å²) in [6.45, 7) is 1.98. The molecule has 1 N–H and O–H groups in total. The number of aromatic nitrogens is 2. The van der Waals surface area contributed by atoms with Crippen LogP contribution in [-0.4, -0.2) is 15.9 Å². The maximum Gasteiger partial charge on any atom is 0.244 e. The van der Waals surface area contributed by atoms with Gasteiger partial charge in [-0.1, -0.05) is 48.5 Å². The minimum Gasteiger partial charge on any atom is -0.346 e. The lowest BCUT2D eigenvalue weighted by Gasteiger charge is -2.13. The normalized spacial score (nSPS) is 12.5.